The Labute approximate surface area is 310 Å². The lowest BCUT2D eigenvalue weighted by Crippen LogP contribution is -2.30. The Balaban J connectivity index is 4.33. The lowest BCUT2D eigenvalue weighted by molar-refractivity contribution is -0.167. The highest BCUT2D eigenvalue weighted by molar-refractivity contribution is 5.71. The van der Waals surface area contributed by atoms with Crippen LogP contribution < -0.4 is 0 Å². The number of ether oxygens (including phenoxy) is 3. The van der Waals surface area contributed by atoms with Crippen LogP contribution in [0.3, 0.4) is 0 Å². The maximum absolute atomic E-state index is 12.7. The first-order valence-corrected chi connectivity index (χ1v) is 22.0. The molecule has 0 amide bonds. The predicted molar refractivity (Wildman–Crippen MR) is 210 cm³/mol. The van der Waals surface area contributed by atoms with E-state index in [1.54, 1.807) is 0 Å². The normalized spacial score (nSPS) is 11.8. The molecule has 0 radical (unpaired) electrons. The van der Waals surface area contributed by atoms with E-state index in [4.69, 9.17) is 14.2 Å². The first-order chi connectivity index (χ1) is 24.5. The second-order valence-corrected chi connectivity index (χ2v) is 15.0. The predicted octanol–water partition coefficient (Wildman–Crippen LogP) is 13.7. The fourth-order valence-electron chi connectivity index (χ4n) is 6.50. The number of hydrogen-bond donors (Lipinski definition) is 0. The minimum atomic E-state index is -0.756. The van der Waals surface area contributed by atoms with Gasteiger partial charge in [0.05, 0.1) is 0 Å². The van der Waals surface area contributed by atoms with Gasteiger partial charge < -0.3 is 14.2 Å². The van der Waals surface area contributed by atoms with Gasteiger partial charge >= 0.3 is 17.9 Å². The Kier molecular flexibility index (Phi) is 38.9. The van der Waals surface area contributed by atoms with Gasteiger partial charge in [-0.05, 0) is 19.3 Å². The van der Waals surface area contributed by atoms with Gasteiger partial charge in [-0.1, -0.05) is 207 Å². The molecule has 0 spiro atoms. The Morgan fingerprint density at radius 3 is 0.800 bits per heavy atom. The van der Waals surface area contributed by atoms with Crippen LogP contribution in [0, 0.1) is 0 Å². The molecule has 0 aliphatic heterocycles. The summed E-state index contributed by atoms with van der Waals surface area (Å²) in [6.45, 7) is 6.62. The van der Waals surface area contributed by atoms with E-state index in [1.165, 1.54) is 148 Å². The SMILES string of the molecule is CCCCCCCCCCCCCC(=O)OC[C@@H](COC(=O)CCCCCCCCCCCC)OC(=O)CCCCCCCCCCCCC. The lowest BCUT2D eigenvalue weighted by Gasteiger charge is -2.18. The third kappa shape index (κ3) is 37.7. The van der Waals surface area contributed by atoms with E-state index in [0.717, 1.165) is 57.8 Å². The number of hydrogen-bond acceptors (Lipinski definition) is 6. The van der Waals surface area contributed by atoms with Gasteiger partial charge in [-0.3, -0.25) is 14.4 Å². The molecule has 6 heteroatoms. The maximum atomic E-state index is 12.7. The van der Waals surface area contributed by atoms with Crippen LogP contribution in [0.25, 0.3) is 0 Å². The van der Waals surface area contributed by atoms with Gasteiger partial charge in [0.25, 0.3) is 0 Å². The monoisotopic (exact) mass is 709 g/mol. The van der Waals surface area contributed by atoms with Crippen LogP contribution in [0.4, 0.5) is 0 Å². The zero-order chi connectivity index (χ0) is 36.6. The van der Waals surface area contributed by atoms with Crippen LogP contribution in [0.1, 0.15) is 245 Å². The van der Waals surface area contributed by atoms with E-state index in [-0.39, 0.29) is 31.1 Å². The molecule has 0 rings (SSSR count). The molecule has 6 nitrogen and oxygen atoms in total. The summed E-state index contributed by atoms with van der Waals surface area (Å²) in [6.07, 6.45) is 39.3. The summed E-state index contributed by atoms with van der Waals surface area (Å²) < 4.78 is 16.7. The third-order valence-electron chi connectivity index (χ3n) is 9.86. The zero-order valence-electron chi connectivity index (χ0n) is 33.7. The molecule has 0 saturated heterocycles. The average molecular weight is 709 g/mol. The molecule has 0 fully saturated rings. The van der Waals surface area contributed by atoms with E-state index in [9.17, 15) is 14.4 Å². The van der Waals surface area contributed by atoms with Crippen molar-refractivity contribution in [1.82, 2.24) is 0 Å². The van der Waals surface area contributed by atoms with E-state index >= 15 is 0 Å². The first kappa shape index (κ1) is 48.4. The molecule has 0 saturated carbocycles. The van der Waals surface area contributed by atoms with E-state index < -0.39 is 6.10 Å². The molecular weight excluding hydrogens is 624 g/mol. The molecule has 0 N–H and O–H groups in total. The zero-order valence-corrected chi connectivity index (χ0v) is 33.7. The maximum Gasteiger partial charge on any atom is 0.306 e. The topological polar surface area (TPSA) is 78.9 Å². The summed E-state index contributed by atoms with van der Waals surface area (Å²) in [5.74, 6) is -0.856. The Bertz CT molecular complexity index is 738. The third-order valence-corrected chi connectivity index (χ3v) is 9.86. The van der Waals surface area contributed by atoms with Crippen LogP contribution in [-0.4, -0.2) is 37.2 Å². The fourth-order valence-corrected chi connectivity index (χ4v) is 6.50. The van der Waals surface area contributed by atoms with Crippen molar-refractivity contribution in [3.8, 4) is 0 Å². The standard InChI is InChI=1S/C44H84O6/c1-4-7-10-13-16-19-22-25-28-31-34-37-43(46)49-40-41(39-48-42(45)36-33-30-27-24-21-18-15-12-9-6-3)50-44(47)38-35-32-29-26-23-20-17-14-11-8-5-2/h41H,4-40H2,1-3H3/t41-/m1/s1. The van der Waals surface area contributed by atoms with Gasteiger partial charge in [0.2, 0.25) is 0 Å². The summed E-state index contributed by atoms with van der Waals surface area (Å²) in [5.41, 5.74) is 0. The highest BCUT2D eigenvalue weighted by atomic mass is 16.6. The summed E-state index contributed by atoms with van der Waals surface area (Å²) >= 11 is 0. The van der Waals surface area contributed by atoms with E-state index in [0.29, 0.717) is 19.3 Å². The molecule has 50 heavy (non-hydrogen) atoms. The van der Waals surface area contributed by atoms with Crippen molar-refractivity contribution in [2.45, 2.75) is 252 Å². The first-order valence-electron chi connectivity index (χ1n) is 22.0. The van der Waals surface area contributed by atoms with E-state index in [1.807, 2.05) is 0 Å². The van der Waals surface area contributed by atoms with Crippen LogP contribution in [0.2, 0.25) is 0 Å². The fraction of sp³-hybridized carbons (Fsp3) is 0.932. The average Bonchev–Trinajstić information content (AvgIpc) is 3.11. The highest BCUT2D eigenvalue weighted by Gasteiger charge is 2.19. The molecule has 0 aliphatic rings. The van der Waals surface area contributed by atoms with Gasteiger partial charge in [-0.25, -0.2) is 0 Å². The number of unbranched alkanes of at least 4 members (excludes halogenated alkanes) is 29. The Morgan fingerprint density at radius 2 is 0.540 bits per heavy atom. The van der Waals surface area contributed by atoms with Crippen molar-refractivity contribution in [2.24, 2.45) is 0 Å². The largest absolute Gasteiger partial charge is 0.462 e. The molecular formula is C44H84O6. The lowest BCUT2D eigenvalue weighted by atomic mass is 10.1. The number of esters is 3. The van der Waals surface area contributed by atoms with Crippen LogP contribution in [0.5, 0.6) is 0 Å². The summed E-state index contributed by atoms with van der Waals surface area (Å²) in [5, 5.41) is 0. The summed E-state index contributed by atoms with van der Waals surface area (Å²) in [6, 6.07) is 0. The molecule has 1 atom stereocenters. The molecule has 0 unspecified atom stereocenters. The minimum Gasteiger partial charge on any atom is -0.462 e. The Hall–Kier alpha value is -1.59. The van der Waals surface area contributed by atoms with Crippen molar-refractivity contribution in [3.63, 3.8) is 0 Å². The summed E-state index contributed by atoms with van der Waals surface area (Å²) in [7, 11) is 0. The van der Waals surface area contributed by atoms with Crippen molar-refractivity contribution in [2.75, 3.05) is 13.2 Å². The van der Waals surface area contributed by atoms with Crippen LogP contribution in [-0.2, 0) is 28.6 Å². The smallest absolute Gasteiger partial charge is 0.306 e. The van der Waals surface area contributed by atoms with Gasteiger partial charge in [0.1, 0.15) is 13.2 Å². The molecule has 0 aromatic carbocycles. The molecule has 0 aromatic rings. The number of carbonyl (C=O) groups is 3. The molecule has 0 bridgehead atoms. The second kappa shape index (κ2) is 40.2. The second-order valence-electron chi connectivity index (χ2n) is 15.0. The Morgan fingerprint density at radius 1 is 0.320 bits per heavy atom. The molecule has 296 valence electrons. The number of rotatable bonds is 40. The van der Waals surface area contributed by atoms with Crippen LogP contribution in [0.15, 0.2) is 0 Å². The number of carbonyl (C=O) groups excluding carboxylic acids is 3. The van der Waals surface area contributed by atoms with E-state index in [2.05, 4.69) is 20.8 Å². The van der Waals surface area contributed by atoms with Crippen molar-refractivity contribution in [1.29, 1.82) is 0 Å². The van der Waals surface area contributed by atoms with Crippen molar-refractivity contribution in [3.05, 3.63) is 0 Å². The van der Waals surface area contributed by atoms with Gasteiger partial charge in [-0.2, -0.15) is 0 Å². The van der Waals surface area contributed by atoms with Gasteiger partial charge in [0, 0.05) is 19.3 Å². The molecule has 0 aliphatic carbocycles. The summed E-state index contributed by atoms with van der Waals surface area (Å²) in [4.78, 5) is 37.6. The minimum absolute atomic E-state index is 0.0631. The quantitative estimate of drug-likeness (QED) is 0.0358. The van der Waals surface area contributed by atoms with Crippen molar-refractivity contribution < 1.29 is 28.6 Å². The van der Waals surface area contributed by atoms with Crippen molar-refractivity contribution >= 4 is 17.9 Å². The molecule has 0 aromatic heterocycles. The van der Waals surface area contributed by atoms with Gasteiger partial charge in [0.15, 0.2) is 6.10 Å². The molecule has 0 heterocycles. The van der Waals surface area contributed by atoms with Crippen LogP contribution >= 0.6 is 0 Å². The van der Waals surface area contributed by atoms with Gasteiger partial charge in [-0.15, -0.1) is 0 Å². The highest BCUT2D eigenvalue weighted by Crippen LogP contribution is 2.15.